The van der Waals surface area contributed by atoms with Crippen molar-refractivity contribution in [2.75, 3.05) is 4.90 Å². The molecule has 0 fully saturated rings. The van der Waals surface area contributed by atoms with E-state index in [1.54, 1.807) is 0 Å². The molecule has 0 atom stereocenters. The summed E-state index contributed by atoms with van der Waals surface area (Å²) in [6.45, 7) is 6.53. The summed E-state index contributed by atoms with van der Waals surface area (Å²) in [7, 11) is 0. The van der Waals surface area contributed by atoms with Gasteiger partial charge < -0.3 is 9.47 Å². The molecule has 3 aromatic heterocycles. The molecular formula is C40H32N5Pt-. The standard InChI is InChI=1S/C40H32N5.Pt/c1-28(2)42-27-43(38-19-10-9-18-37(38)42)31-14-11-15-32(25-31)44(30-12-5-4-6-13-30)33-20-21-35-34-16-7-8-17-36(34)45(39(35)26-33)40-24-29(3)22-23-41-40;/h4-24,27-28H,1-3H3;/q-1;. The fourth-order valence-electron chi connectivity index (χ4n) is 6.33. The number of aryl methyl sites for hydroxylation is 1. The Labute approximate surface area is 283 Å². The maximum atomic E-state index is 4.78. The zero-order valence-corrected chi connectivity index (χ0v) is 28.1. The number of benzene rings is 5. The third-order valence-corrected chi connectivity index (χ3v) is 8.43. The molecule has 5 nitrogen and oxygen atoms in total. The second-order valence-electron chi connectivity index (χ2n) is 11.7. The van der Waals surface area contributed by atoms with Crippen molar-refractivity contribution in [3.05, 3.63) is 152 Å². The maximum absolute atomic E-state index is 4.78. The number of fused-ring (bicyclic) bond motifs is 4. The van der Waals surface area contributed by atoms with E-state index in [0.29, 0.717) is 6.04 Å². The molecule has 0 saturated carbocycles. The van der Waals surface area contributed by atoms with Crippen LogP contribution >= 0.6 is 0 Å². The van der Waals surface area contributed by atoms with Gasteiger partial charge in [0.15, 0.2) is 17.4 Å². The number of hydrogen-bond donors (Lipinski definition) is 0. The van der Waals surface area contributed by atoms with Gasteiger partial charge in [0, 0.05) is 56.3 Å². The van der Waals surface area contributed by atoms with Crippen LogP contribution in [0.2, 0.25) is 0 Å². The summed E-state index contributed by atoms with van der Waals surface area (Å²) < 4.78 is 6.77. The molecule has 46 heavy (non-hydrogen) atoms. The van der Waals surface area contributed by atoms with E-state index in [-0.39, 0.29) is 21.1 Å². The van der Waals surface area contributed by atoms with Gasteiger partial charge in [-0.25, -0.2) is 14.1 Å². The van der Waals surface area contributed by atoms with Gasteiger partial charge in [-0.1, -0.05) is 59.4 Å². The Bertz CT molecular complexity index is 2330. The minimum absolute atomic E-state index is 0. The van der Waals surface area contributed by atoms with Gasteiger partial charge in [0.1, 0.15) is 5.82 Å². The van der Waals surface area contributed by atoms with E-state index >= 15 is 0 Å². The van der Waals surface area contributed by atoms with Crippen LogP contribution in [0.5, 0.6) is 0 Å². The molecule has 0 radical (unpaired) electrons. The summed E-state index contributed by atoms with van der Waals surface area (Å²) >= 11 is 0. The molecule has 8 rings (SSSR count). The zero-order valence-electron chi connectivity index (χ0n) is 25.8. The van der Waals surface area contributed by atoms with Gasteiger partial charge in [-0.05, 0) is 74.2 Å². The van der Waals surface area contributed by atoms with Gasteiger partial charge in [-0.3, -0.25) is 0 Å². The van der Waals surface area contributed by atoms with Gasteiger partial charge >= 0.3 is 0 Å². The van der Waals surface area contributed by atoms with Crippen LogP contribution in [0.25, 0.3) is 44.3 Å². The number of pyridine rings is 1. The Morgan fingerprint density at radius 3 is 2.20 bits per heavy atom. The van der Waals surface area contributed by atoms with Crippen molar-refractivity contribution in [2.24, 2.45) is 0 Å². The molecule has 0 N–H and O–H groups in total. The molecule has 0 aliphatic carbocycles. The van der Waals surface area contributed by atoms with Crippen molar-refractivity contribution >= 4 is 49.9 Å². The van der Waals surface area contributed by atoms with E-state index < -0.39 is 0 Å². The van der Waals surface area contributed by atoms with Crippen LogP contribution in [0, 0.1) is 19.1 Å². The van der Waals surface area contributed by atoms with Crippen molar-refractivity contribution in [2.45, 2.75) is 26.8 Å². The molecule has 228 valence electrons. The molecule has 0 bridgehead atoms. The van der Waals surface area contributed by atoms with Gasteiger partial charge in [0.05, 0.1) is 6.04 Å². The number of hydrogen-bond acceptors (Lipinski definition) is 2. The zero-order chi connectivity index (χ0) is 30.5. The number of anilines is 3. The van der Waals surface area contributed by atoms with Crippen LogP contribution in [0.1, 0.15) is 25.5 Å². The van der Waals surface area contributed by atoms with Crippen molar-refractivity contribution in [3.63, 3.8) is 0 Å². The van der Waals surface area contributed by atoms with Gasteiger partial charge in [-0.15, -0.1) is 29.7 Å². The first kappa shape index (κ1) is 29.7. The average molecular weight is 778 g/mol. The molecule has 0 amide bonds. The summed E-state index contributed by atoms with van der Waals surface area (Å²) in [6, 6.07) is 50.3. The number of aromatic nitrogens is 4. The number of para-hydroxylation sites is 4. The second kappa shape index (κ2) is 12.1. The molecule has 3 heterocycles. The quantitative estimate of drug-likeness (QED) is 0.158. The fraction of sp³-hybridized carbons (Fsp3) is 0.100. The molecule has 0 unspecified atom stereocenters. The van der Waals surface area contributed by atoms with Gasteiger partial charge in [-0.2, -0.15) is 12.1 Å². The molecular weight excluding hydrogens is 746 g/mol. The van der Waals surface area contributed by atoms with E-state index in [1.165, 1.54) is 10.9 Å². The predicted octanol–water partition coefficient (Wildman–Crippen LogP) is 10.2. The van der Waals surface area contributed by atoms with Crippen molar-refractivity contribution in [1.29, 1.82) is 0 Å². The summed E-state index contributed by atoms with van der Waals surface area (Å²) in [5.74, 6) is 0.882. The van der Waals surface area contributed by atoms with Crippen LogP contribution in [0.15, 0.2) is 134 Å². The first-order valence-electron chi connectivity index (χ1n) is 15.3. The smallest absolute Gasteiger partial charge is 0.188 e. The second-order valence-corrected chi connectivity index (χ2v) is 11.7. The Balaban J connectivity index is 0.00000338. The predicted molar refractivity (Wildman–Crippen MR) is 185 cm³/mol. The summed E-state index contributed by atoms with van der Waals surface area (Å²) in [5, 5.41) is 2.32. The minimum Gasteiger partial charge on any atom is -0.358 e. The topological polar surface area (TPSA) is 30.9 Å². The molecule has 5 aromatic carbocycles. The monoisotopic (exact) mass is 777 g/mol. The third kappa shape index (κ3) is 5.01. The third-order valence-electron chi connectivity index (χ3n) is 8.43. The molecule has 6 heteroatoms. The van der Waals surface area contributed by atoms with Gasteiger partial charge in [0.2, 0.25) is 0 Å². The summed E-state index contributed by atoms with van der Waals surface area (Å²) in [5.41, 5.74) is 9.46. The van der Waals surface area contributed by atoms with E-state index in [0.717, 1.165) is 56.1 Å². The fourth-order valence-corrected chi connectivity index (χ4v) is 6.33. The van der Waals surface area contributed by atoms with Crippen LogP contribution in [-0.4, -0.2) is 18.7 Å². The Morgan fingerprint density at radius 1 is 0.696 bits per heavy atom. The van der Waals surface area contributed by atoms with Crippen molar-refractivity contribution in [1.82, 2.24) is 18.7 Å². The van der Waals surface area contributed by atoms with Gasteiger partial charge in [0.25, 0.3) is 0 Å². The number of rotatable bonds is 6. The van der Waals surface area contributed by atoms with E-state index in [2.05, 4.69) is 167 Å². The molecule has 8 aromatic rings. The molecule has 0 spiro atoms. The minimum atomic E-state index is 0. The van der Waals surface area contributed by atoms with E-state index in [4.69, 9.17) is 4.98 Å². The molecule has 0 saturated heterocycles. The van der Waals surface area contributed by atoms with Crippen LogP contribution in [0.4, 0.5) is 17.1 Å². The SMILES string of the molecule is Cc1ccnc(-n2c3[c-]c(N(c4[c-]c(-n5[cH+]n(C(C)C)c6ccccc65)ccc4)c4ccccc4)ccc3c3ccccc32)c1.[Pt]. The Morgan fingerprint density at radius 2 is 1.41 bits per heavy atom. The summed E-state index contributed by atoms with van der Waals surface area (Å²) in [4.78, 5) is 7.01. The molecule has 0 aliphatic rings. The Kier molecular flexibility index (Phi) is 7.80. The average Bonchev–Trinajstić information content (AvgIpc) is 3.62. The maximum Gasteiger partial charge on any atom is 0.188 e. The summed E-state index contributed by atoms with van der Waals surface area (Å²) in [6.07, 6.45) is 4.06. The first-order chi connectivity index (χ1) is 22.1. The number of nitrogens with zero attached hydrogens (tertiary/aromatic N) is 5. The van der Waals surface area contributed by atoms with E-state index in [1.807, 2.05) is 18.3 Å². The number of imidazole rings is 1. The van der Waals surface area contributed by atoms with Crippen molar-refractivity contribution < 1.29 is 21.1 Å². The van der Waals surface area contributed by atoms with E-state index in [9.17, 15) is 0 Å². The normalized spacial score (nSPS) is 11.4. The van der Waals surface area contributed by atoms with Crippen LogP contribution < -0.4 is 4.90 Å². The van der Waals surface area contributed by atoms with Crippen molar-refractivity contribution in [3.8, 4) is 11.5 Å². The Hall–Kier alpha value is -4.99. The molecule has 0 aliphatic heterocycles. The van der Waals surface area contributed by atoms with Crippen LogP contribution in [0.3, 0.4) is 0 Å². The first-order valence-corrected chi connectivity index (χ1v) is 15.3. The largest absolute Gasteiger partial charge is 0.358 e. The van der Waals surface area contributed by atoms with Crippen LogP contribution in [-0.2, 0) is 21.1 Å².